The number of ether oxygens (including phenoxy) is 1. The van der Waals surface area contributed by atoms with Crippen molar-refractivity contribution in [1.82, 2.24) is 4.31 Å². The van der Waals surface area contributed by atoms with E-state index in [9.17, 15) is 12.6 Å². The van der Waals surface area contributed by atoms with Gasteiger partial charge in [-0.25, -0.2) is 8.42 Å². The van der Waals surface area contributed by atoms with Crippen molar-refractivity contribution < 1.29 is 17.4 Å². The van der Waals surface area contributed by atoms with Crippen LogP contribution in [0.2, 0.25) is 5.02 Å². The fraction of sp³-hybridized carbons (Fsp3) is 0.455. The lowest BCUT2D eigenvalue weighted by atomic mass is 10.3. The standard InChI is InChI=1S/C11H14ClNO4S2/c1-17-11-3-2-9(8-10(11)12)19(15,16)13-4-6-18(14)7-5-13/h2-3,8H,4-7H2,1H3. The summed E-state index contributed by atoms with van der Waals surface area (Å²) in [5.74, 6) is 1.19. The smallest absolute Gasteiger partial charge is 0.243 e. The molecule has 0 N–H and O–H groups in total. The number of rotatable bonds is 3. The quantitative estimate of drug-likeness (QED) is 0.835. The molecule has 8 heteroatoms. The van der Waals surface area contributed by atoms with Crippen molar-refractivity contribution in [2.75, 3.05) is 31.7 Å². The molecule has 0 saturated carbocycles. The second kappa shape index (κ2) is 5.78. The van der Waals surface area contributed by atoms with Gasteiger partial charge >= 0.3 is 0 Å². The Labute approximate surface area is 120 Å². The van der Waals surface area contributed by atoms with Crippen molar-refractivity contribution in [3.8, 4) is 5.75 Å². The Kier molecular flexibility index (Phi) is 4.50. The van der Waals surface area contributed by atoms with Crippen molar-refractivity contribution in [3.63, 3.8) is 0 Å². The highest BCUT2D eigenvalue weighted by molar-refractivity contribution is 7.89. The molecular formula is C11H14ClNO4S2. The predicted molar refractivity (Wildman–Crippen MR) is 74.6 cm³/mol. The van der Waals surface area contributed by atoms with Gasteiger partial charge in [0.25, 0.3) is 0 Å². The van der Waals surface area contributed by atoms with E-state index in [1.54, 1.807) is 0 Å². The fourth-order valence-electron chi connectivity index (χ4n) is 1.82. The third-order valence-electron chi connectivity index (χ3n) is 2.90. The van der Waals surface area contributed by atoms with Crippen molar-refractivity contribution in [3.05, 3.63) is 23.2 Å². The van der Waals surface area contributed by atoms with Crippen molar-refractivity contribution in [2.45, 2.75) is 4.90 Å². The lowest BCUT2D eigenvalue weighted by molar-refractivity contribution is 0.414. The Morgan fingerprint density at radius 1 is 1.32 bits per heavy atom. The first-order valence-corrected chi connectivity index (χ1v) is 8.94. The number of hydrogen-bond acceptors (Lipinski definition) is 4. The van der Waals surface area contributed by atoms with E-state index in [2.05, 4.69) is 0 Å². The molecule has 0 radical (unpaired) electrons. The summed E-state index contributed by atoms with van der Waals surface area (Å²) in [5, 5.41) is 0.254. The van der Waals surface area contributed by atoms with Gasteiger partial charge in [0.2, 0.25) is 10.0 Å². The fourth-order valence-corrected chi connectivity index (χ4v) is 4.89. The predicted octanol–water partition coefficient (Wildman–Crippen LogP) is 1.10. The average molecular weight is 324 g/mol. The number of benzene rings is 1. The van der Waals surface area contributed by atoms with Crippen LogP contribution in [-0.2, 0) is 20.8 Å². The molecule has 0 amide bonds. The summed E-state index contributed by atoms with van der Waals surface area (Å²) in [5.41, 5.74) is 0. The first-order chi connectivity index (χ1) is 8.95. The van der Waals surface area contributed by atoms with Crippen LogP contribution in [0.15, 0.2) is 23.1 Å². The van der Waals surface area contributed by atoms with Gasteiger partial charge in [-0.2, -0.15) is 4.31 Å². The van der Waals surface area contributed by atoms with Crippen LogP contribution in [0.25, 0.3) is 0 Å². The molecule has 1 fully saturated rings. The summed E-state index contributed by atoms with van der Waals surface area (Å²) in [6.45, 7) is 0.553. The van der Waals surface area contributed by atoms with Crippen LogP contribution in [0, 0.1) is 0 Å². The zero-order valence-corrected chi connectivity index (χ0v) is 12.7. The molecule has 2 rings (SSSR count). The molecule has 19 heavy (non-hydrogen) atoms. The Morgan fingerprint density at radius 2 is 1.95 bits per heavy atom. The maximum Gasteiger partial charge on any atom is 0.243 e. The Hall–Kier alpha value is -0.630. The number of hydrogen-bond donors (Lipinski definition) is 0. The third kappa shape index (κ3) is 3.10. The van der Waals surface area contributed by atoms with Crippen LogP contribution in [-0.4, -0.2) is 48.6 Å². The maximum absolute atomic E-state index is 12.4. The largest absolute Gasteiger partial charge is 0.495 e. The van der Waals surface area contributed by atoms with E-state index in [0.29, 0.717) is 17.3 Å². The number of methoxy groups -OCH3 is 1. The van der Waals surface area contributed by atoms with E-state index >= 15 is 0 Å². The monoisotopic (exact) mass is 323 g/mol. The second-order valence-corrected chi connectivity index (χ2v) is 8.09. The molecule has 1 aromatic rings. The van der Waals surface area contributed by atoms with E-state index < -0.39 is 20.8 Å². The summed E-state index contributed by atoms with van der Waals surface area (Å²) in [7, 11) is -3.02. The van der Waals surface area contributed by atoms with E-state index in [1.807, 2.05) is 0 Å². The maximum atomic E-state index is 12.4. The molecule has 1 aliphatic heterocycles. The topological polar surface area (TPSA) is 63.7 Å². The van der Waals surface area contributed by atoms with E-state index in [4.69, 9.17) is 16.3 Å². The van der Waals surface area contributed by atoms with Gasteiger partial charge in [0, 0.05) is 35.4 Å². The molecule has 0 bridgehead atoms. The van der Waals surface area contributed by atoms with Gasteiger partial charge in [0.1, 0.15) is 5.75 Å². The van der Waals surface area contributed by atoms with Gasteiger partial charge < -0.3 is 4.74 Å². The molecule has 1 heterocycles. The van der Waals surface area contributed by atoms with Gasteiger partial charge in [0.05, 0.1) is 17.0 Å². The zero-order chi connectivity index (χ0) is 14.0. The molecule has 1 saturated heterocycles. The van der Waals surface area contributed by atoms with Crippen LogP contribution in [0.5, 0.6) is 5.75 Å². The summed E-state index contributed by atoms with van der Waals surface area (Å²) in [6, 6.07) is 4.37. The molecular weight excluding hydrogens is 310 g/mol. The lowest BCUT2D eigenvalue weighted by Gasteiger charge is -2.25. The van der Waals surface area contributed by atoms with Gasteiger partial charge in [-0.3, -0.25) is 4.21 Å². The van der Waals surface area contributed by atoms with Gasteiger partial charge in [-0.15, -0.1) is 0 Å². The molecule has 1 aliphatic rings. The van der Waals surface area contributed by atoms with Gasteiger partial charge in [0.15, 0.2) is 0 Å². The molecule has 0 atom stereocenters. The van der Waals surface area contributed by atoms with Gasteiger partial charge in [-0.05, 0) is 18.2 Å². The normalized spacial score (nSPS) is 18.4. The van der Waals surface area contributed by atoms with E-state index in [0.717, 1.165) is 0 Å². The van der Waals surface area contributed by atoms with Crippen LogP contribution in [0.3, 0.4) is 0 Å². The molecule has 0 aromatic heterocycles. The van der Waals surface area contributed by atoms with Crippen LogP contribution in [0.1, 0.15) is 0 Å². The minimum absolute atomic E-state index is 0.131. The lowest BCUT2D eigenvalue weighted by Crippen LogP contribution is -2.41. The van der Waals surface area contributed by atoms with Crippen LogP contribution < -0.4 is 4.74 Å². The van der Waals surface area contributed by atoms with Crippen LogP contribution in [0.4, 0.5) is 0 Å². The van der Waals surface area contributed by atoms with Crippen molar-refractivity contribution >= 4 is 32.4 Å². The third-order valence-corrected chi connectivity index (χ3v) is 6.36. The molecule has 0 spiro atoms. The highest BCUT2D eigenvalue weighted by atomic mass is 35.5. The minimum atomic E-state index is -3.57. The van der Waals surface area contributed by atoms with E-state index in [-0.39, 0.29) is 23.0 Å². The Balaban J connectivity index is 2.29. The Morgan fingerprint density at radius 3 is 2.47 bits per heavy atom. The van der Waals surface area contributed by atoms with Crippen LogP contribution >= 0.6 is 11.6 Å². The van der Waals surface area contributed by atoms with E-state index in [1.165, 1.54) is 29.6 Å². The molecule has 106 valence electrons. The van der Waals surface area contributed by atoms with Crippen molar-refractivity contribution in [2.24, 2.45) is 0 Å². The molecule has 0 aliphatic carbocycles. The zero-order valence-electron chi connectivity index (χ0n) is 10.3. The highest BCUT2D eigenvalue weighted by Crippen LogP contribution is 2.28. The summed E-state index contributed by atoms with van der Waals surface area (Å²) in [6.07, 6.45) is 0. The summed E-state index contributed by atoms with van der Waals surface area (Å²) >= 11 is 5.94. The van der Waals surface area contributed by atoms with Crippen molar-refractivity contribution in [1.29, 1.82) is 0 Å². The molecule has 0 unspecified atom stereocenters. The van der Waals surface area contributed by atoms with Gasteiger partial charge in [-0.1, -0.05) is 11.6 Å². The number of halogens is 1. The molecule has 1 aromatic carbocycles. The SMILES string of the molecule is COc1ccc(S(=O)(=O)N2CCS(=O)CC2)cc1Cl. The second-order valence-electron chi connectivity index (χ2n) is 4.05. The summed E-state index contributed by atoms with van der Waals surface area (Å²) in [4.78, 5) is 0.131. The number of sulfonamides is 1. The minimum Gasteiger partial charge on any atom is -0.495 e. The Bertz CT molecular complexity index is 593. The first-order valence-electron chi connectivity index (χ1n) is 5.64. The number of nitrogens with zero attached hydrogens (tertiary/aromatic N) is 1. The highest BCUT2D eigenvalue weighted by Gasteiger charge is 2.28. The first kappa shape index (κ1) is 14.8. The average Bonchev–Trinajstić information content (AvgIpc) is 2.39. The molecule has 5 nitrogen and oxygen atoms in total. The summed E-state index contributed by atoms with van der Waals surface area (Å²) < 4.78 is 42.3.